The summed E-state index contributed by atoms with van der Waals surface area (Å²) < 4.78 is 16.8. The molecule has 0 N–H and O–H groups in total. The Hall–Kier alpha value is -4.19. The smallest absolute Gasteiger partial charge is 0.306 e. The highest BCUT2D eigenvalue weighted by Gasteiger charge is 2.19. The van der Waals surface area contributed by atoms with Gasteiger partial charge in [0.1, 0.15) is 13.2 Å². The van der Waals surface area contributed by atoms with E-state index in [1.165, 1.54) is 148 Å². The molecule has 0 fully saturated rings. The Morgan fingerprint density at radius 2 is 0.476 bits per heavy atom. The Morgan fingerprint density at radius 1 is 0.256 bits per heavy atom. The molecule has 0 radical (unpaired) electrons. The maximum absolute atomic E-state index is 12.9. The zero-order chi connectivity index (χ0) is 59.2. The van der Waals surface area contributed by atoms with Crippen molar-refractivity contribution in [3.8, 4) is 0 Å². The first-order valence-corrected chi connectivity index (χ1v) is 34.5. The maximum Gasteiger partial charge on any atom is 0.306 e. The number of carbonyl (C=O) groups excluding carboxylic acids is 3. The molecule has 0 rings (SSSR count). The number of allylic oxidation sites excluding steroid dienone is 20. The van der Waals surface area contributed by atoms with Crippen molar-refractivity contribution < 1.29 is 28.6 Å². The quantitative estimate of drug-likeness (QED) is 0.0261. The van der Waals surface area contributed by atoms with Crippen molar-refractivity contribution in [2.24, 2.45) is 0 Å². The first-order valence-electron chi connectivity index (χ1n) is 34.5. The van der Waals surface area contributed by atoms with Crippen LogP contribution >= 0.6 is 0 Å². The summed E-state index contributed by atoms with van der Waals surface area (Å²) in [5.41, 5.74) is 0. The molecule has 0 aromatic heterocycles. The predicted molar refractivity (Wildman–Crippen MR) is 357 cm³/mol. The molecule has 6 nitrogen and oxygen atoms in total. The molecule has 0 bridgehead atoms. The van der Waals surface area contributed by atoms with Crippen LogP contribution < -0.4 is 0 Å². The summed E-state index contributed by atoms with van der Waals surface area (Å²) in [6, 6.07) is 0. The van der Waals surface area contributed by atoms with Crippen molar-refractivity contribution in [3.05, 3.63) is 122 Å². The van der Waals surface area contributed by atoms with Gasteiger partial charge < -0.3 is 14.2 Å². The molecule has 1 atom stereocenters. The summed E-state index contributed by atoms with van der Waals surface area (Å²) in [6.07, 6.45) is 96.9. The topological polar surface area (TPSA) is 78.9 Å². The van der Waals surface area contributed by atoms with E-state index in [9.17, 15) is 14.4 Å². The van der Waals surface area contributed by atoms with E-state index < -0.39 is 6.10 Å². The van der Waals surface area contributed by atoms with Crippen molar-refractivity contribution in [1.82, 2.24) is 0 Å². The van der Waals surface area contributed by atoms with Gasteiger partial charge in [-0.1, -0.05) is 309 Å². The number of hydrogen-bond acceptors (Lipinski definition) is 6. The molecule has 82 heavy (non-hydrogen) atoms. The summed E-state index contributed by atoms with van der Waals surface area (Å²) in [7, 11) is 0. The maximum atomic E-state index is 12.9. The lowest BCUT2D eigenvalue weighted by Gasteiger charge is -2.18. The molecule has 0 saturated carbocycles. The van der Waals surface area contributed by atoms with Crippen LogP contribution in [0.2, 0.25) is 0 Å². The van der Waals surface area contributed by atoms with Crippen LogP contribution in [0.25, 0.3) is 0 Å². The van der Waals surface area contributed by atoms with Gasteiger partial charge in [0.2, 0.25) is 0 Å². The molecule has 6 heteroatoms. The van der Waals surface area contributed by atoms with Crippen LogP contribution in [0.4, 0.5) is 0 Å². The molecule has 0 aromatic rings. The normalized spacial score (nSPS) is 12.9. The molecule has 0 aliphatic heterocycles. The van der Waals surface area contributed by atoms with E-state index >= 15 is 0 Å². The molecule has 468 valence electrons. The Labute approximate surface area is 507 Å². The van der Waals surface area contributed by atoms with Gasteiger partial charge in [0.25, 0.3) is 0 Å². The molecule has 0 saturated heterocycles. The molecule has 0 heterocycles. The molecular formula is C76H128O6. The number of esters is 3. The van der Waals surface area contributed by atoms with Gasteiger partial charge in [-0.2, -0.15) is 0 Å². The summed E-state index contributed by atoms with van der Waals surface area (Å²) in [4.78, 5) is 38.1. The summed E-state index contributed by atoms with van der Waals surface area (Å²) in [5.74, 6) is -0.907. The Kier molecular flexibility index (Phi) is 65.8. The van der Waals surface area contributed by atoms with Crippen LogP contribution in [0.5, 0.6) is 0 Å². The van der Waals surface area contributed by atoms with E-state index in [-0.39, 0.29) is 31.1 Å². The van der Waals surface area contributed by atoms with Crippen molar-refractivity contribution in [1.29, 1.82) is 0 Å². The average molecular weight is 1140 g/mol. The third-order valence-corrected chi connectivity index (χ3v) is 14.7. The predicted octanol–water partition coefficient (Wildman–Crippen LogP) is 23.9. The highest BCUT2D eigenvalue weighted by atomic mass is 16.6. The van der Waals surface area contributed by atoms with Crippen molar-refractivity contribution in [2.75, 3.05) is 13.2 Å². The molecule has 0 amide bonds. The van der Waals surface area contributed by atoms with Gasteiger partial charge in [-0.15, -0.1) is 0 Å². The van der Waals surface area contributed by atoms with Gasteiger partial charge in [-0.05, 0) is 116 Å². The molecule has 0 aliphatic rings. The second-order valence-electron chi connectivity index (χ2n) is 22.7. The zero-order valence-corrected chi connectivity index (χ0v) is 53.7. The first kappa shape index (κ1) is 77.8. The van der Waals surface area contributed by atoms with Crippen LogP contribution in [-0.2, 0) is 28.6 Å². The van der Waals surface area contributed by atoms with Crippen LogP contribution in [-0.4, -0.2) is 37.2 Å². The summed E-state index contributed by atoms with van der Waals surface area (Å²) in [6.45, 7) is 6.47. The highest BCUT2D eigenvalue weighted by Crippen LogP contribution is 2.16. The molecular weight excluding hydrogens is 1010 g/mol. The lowest BCUT2D eigenvalue weighted by molar-refractivity contribution is -0.167. The minimum Gasteiger partial charge on any atom is -0.462 e. The fourth-order valence-electron chi connectivity index (χ4n) is 9.55. The second-order valence-corrected chi connectivity index (χ2v) is 22.7. The summed E-state index contributed by atoms with van der Waals surface area (Å²) >= 11 is 0. The fraction of sp³-hybridized carbons (Fsp3) is 0.697. The first-order chi connectivity index (χ1) is 40.5. The molecule has 0 spiro atoms. The fourth-order valence-corrected chi connectivity index (χ4v) is 9.55. The minimum atomic E-state index is -0.786. The average Bonchev–Trinajstić information content (AvgIpc) is 3.47. The van der Waals surface area contributed by atoms with E-state index in [4.69, 9.17) is 14.2 Å². The largest absolute Gasteiger partial charge is 0.462 e. The number of hydrogen-bond donors (Lipinski definition) is 0. The van der Waals surface area contributed by atoms with Gasteiger partial charge in [-0.25, -0.2) is 0 Å². The number of rotatable bonds is 62. The lowest BCUT2D eigenvalue weighted by atomic mass is 10.0. The minimum absolute atomic E-state index is 0.0842. The van der Waals surface area contributed by atoms with Crippen molar-refractivity contribution >= 4 is 17.9 Å². The third-order valence-electron chi connectivity index (χ3n) is 14.7. The van der Waals surface area contributed by atoms with Crippen LogP contribution in [0.1, 0.15) is 323 Å². The van der Waals surface area contributed by atoms with Crippen LogP contribution in [0.3, 0.4) is 0 Å². The number of unbranched alkanes of at least 4 members (excludes halogenated alkanes) is 31. The van der Waals surface area contributed by atoms with E-state index in [0.29, 0.717) is 19.3 Å². The lowest BCUT2D eigenvalue weighted by Crippen LogP contribution is -2.30. The van der Waals surface area contributed by atoms with E-state index in [1.807, 2.05) is 0 Å². The molecule has 0 aromatic carbocycles. The SMILES string of the molecule is CC/C=C\C/C=C\C/C=C\C/C=C\C/C=C\C/C=C\C/C=C\C/C=C\C/C=C\CCCCCCCC(=O)OCC(COC(=O)CCCCCCCC)OC(=O)CCCCCCCCCCCCCCC/C=C\CCCCCCCCCC. The Balaban J connectivity index is 4.12. The molecule has 1 unspecified atom stereocenters. The van der Waals surface area contributed by atoms with Gasteiger partial charge in [0.15, 0.2) is 6.10 Å². The van der Waals surface area contributed by atoms with E-state index in [0.717, 1.165) is 135 Å². The van der Waals surface area contributed by atoms with Crippen LogP contribution in [0.15, 0.2) is 122 Å². The highest BCUT2D eigenvalue weighted by molar-refractivity contribution is 5.71. The molecule has 0 aliphatic carbocycles. The van der Waals surface area contributed by atoms with E-state index in [2.05, 4.69) is 142 Å². The monoisotopic (exact) mass is 1140 g/mol. The van der Waals surface area contributed by atoms with Gasteiger partial charge >= 0.3 is 17.9 Å². The van der Waals surface area contributed by atoms with Gasteiger partial charge in [-0.3, -0.25) is 14.4 Å². The zero-order valence-electron chi connectivity index (χ0n) is 53.7. The summed E-state index contributed by atoms with van der Waals surface area (Å²) in [5, 5.41) is 0. The number of ether oxygens (including phenoxy) is 3. The Bertz CT molecular complexity index is 1690. The Morgan fingerprint density at radius 3 is 0.756 bits per heavy atom. The van der Waals surface area contributed by atoms with Crippen LogP contribution in [0, 0.1) is 0 Å². The van der Waals surface area contributed by atoms with Gasteiger partial charge in [0, 0.05) is 19.3 Å². The van der Waals surface area contributed by atoms with Gasteiger partial charge in [0.05, 0.1) is 0 Å². The third kappa shape index (κ3) is 66.6. The van der Waals surface area contributed by atoms with Crippen molar-refractivity contribution in [2.45, 2.75) is 329 Å². The van der Waals surface area contributed by atoms with Crippen molar-refractivity contribution in [3.63, 3.8) is 0 Å². The standard InChI is InChI=1S/C76H128O6/c1-4-7-10-13-16-18-20-22-24-26-28-30-32-34-35-36-37-38-39-40-41-43-44-46-48-50-52-54-56-58-60-63-66-69-75(78)81-72-73(71-80-74(77)68-65-62-15-12-9-6-3)82-76(79)70-67-64-61-59-57-55-53-51-49-47-45-42-33-31-29-27-25-23-21-19-17-14-11-8-5-2/h7,10,16,18,22,24,27-30,34-35,37-38,40-41,44,46,50,52,73H,4-6,8-9,11-15,17,19-21,23,25-26,31-33,36,39,42-43,45,47-49,51,53-72H2,1-3H3/b10-7-,18-16-,24-22-,29-27-,30-28-,35-34-,38-37-,41-40-,46-44-,52-50-. The number of carbonyl (C=O) groups is 3. The van der Waals surface area contributed by atoms with E-state index in [1.54, 1.807) is 0 Å². The second kappa shape index (κ2) is 69.3.